The molecule has 1 fully saturated rings. The monoisotopic (exact) mass is 400 g/mol. The Kier molecular flexibility index (Phi) is 7.46. The fourth-order valence-corrected chi connectivity index (χ4v) is 4.85. The quantitative estimate of drug-likeness (QED) is 0.706. The van der Waals surface area contributed by atoms with Gasteiger partial charge in [-0.3, -0.25) is 4.79 Å². The van der Waals surface area contributed by atoms with Crippen LogP contribution in [0.15, 0.2) is 23.1 Å². The molecule has 0 saturated carbocycles. The van der Waals surface area contributed by atoms with Gasteiger partial charge >= 0.3 is 0 Å². The molecule has 0 bridgehead atoms. The lowest BCUT2D eigenvalue weighted by atomic mass is 9.98. The molecular weight excluding hydrogens is 372 g/mol. The zero-order chi connectivity index (χ0) is 20.0. The first kappa shape index (κ1) is 21.5. The number of amides is 1. The van der Waals surface area contributed by atoms with Crippen molar-refractivity contribution in [2.24, 2.45) is 5.92 Å². The number of carbonyl (C=O) groups excluding carboxylic acids is 1. The van der Waals surface area contributed by atoms with Gasteiger partial charge in [0.25, 0.3) is 0 Å². The Morgan fingerprint density at radius 3 is 2.67 bits per heavy atom. The van der Waals surface area contributed by atoms with Crippen LogP contribution in [0, 0.1) is 5.92 Å². The maximum Gasteiger partial charge on any atom is 0.246 e. The summed E-state index contributed by atoms with van der Waals surface area (Å²) in [5, 5.41) is 2.87. The van der Waals surface area contributed by atoms with E-state index >= 15 is 0 Å². The summed E-state index contributed by atoms with van der Waals surface area (Å²) < 4.78 is 43.1. The van der Waals surface area contributed by atoms with Crippen LogP contribution in [0.1, 0.15) is 19.8 Å². The first-order chi connectivity index (χ1) is 12.8. The van der Waals surface area contributed by atoms with E-state index in [1.807, 2.05) is 6.92 Å². The molecule has 0 aliphatic carbocycles. The maximum absolute atomic E-state index is 13.2. The van der Waals surface area contributed by atoms with Crippen LogP contribution in [-0.4, -0.2) is 65.7 Å². The minimum absolute atomic E-state index is 0.0400. The predicted octanol–water partition coefficient (Wildman–Crippen LogP) is 1.26. The summed E-state index contributed by atoms with van der Waals surface area (Å²) in [5.41, 5.74) is 0. The average Bonchev–Trinajstić information content (AvgIpc) is 2.67. The van der Waals surface area contributed by atoms with Crippen LogP contribution >= 0.6 is 0 Å². The number of benzene rings is 1. The van der Waals surface area contributed by atoms with E-state index in [0.717, 1.165) is 0 Å². The third kappa shape index (κ3) is 5.12. The molecule has 1 amide bonds. The average molecular weight is 400 g/mol. The summed E-state index contributed by atoms with van der Waals surface area (Å²) >= 11 is 0. The summed E-state index contributed by atoms with van der Waals surface area (Å²) in [6.07, 6.45) is 1.26. The zero-order valence-corrected chi connectivity index (χ0v) is 17.0. The molecule has 1 aliphatic heterocycles. The number of rotatable bonds is 8. The van der Waals surface area contributed by atoms with Crippen LogP contribution in [0.2, 0.25) is 0 Å². The third-order valence-corrected chi connectivity index (χ3v) is 6.44. The highest BCUT2D eigenvalue weighted by molar-refractivity contribution is 7.89. The van der Waals surface area contributed by atoms with Gasteiger partial charge in [0.2, 0.25) is 15.9 Å². The topological polar surface area (TPSA) is 94.2 Å². The second-order valence-corrected chi connectivity index (χ2v) is 8.49. The fraction of sp³-hybridized carbons (Fsp3) is 0.611. The van der Waals surface area contributed by atoms with Crippen LogP contribution in [0.4, 0.5) is 0 Å². The van der Waals surface area contributed by atoms with Gasteiger partial charge in [0.15, 0.2) is 0 Å². The molecule has 0 spiro atoms. The molecular formula is C18H28N2O6S. The van der Waals surface area contributed by atoms with E-state index in [1.165, 1.54) is 24.6 Å². The Labute approximate surface area is 160 Å². The molecule has 2 atom stereocenters. The molecule has 1 aliphatic rings. The van der Waals surface area contributed by atoms with Gasteiger partial charge in [-0.15, -0.1) is 0 Å². The summed E-state index contributed by atoms with van der Waals surface area (Å²) in [4.78, 5) is 12.5. The van der Waals surface area contributed by atoms with Crippen molar-refractivity contribution in [1.29, 1.82) is 0 Å². The van der Waals surface area contributed by atoms with Crippen molar-refractivity contribution in [3.63, 3.8) is 0 Å². The molecule has 152 valence electrons. The number of methoxy groups -OCH3 is 3. The number of ether oxygens (including phenoxy) is 3. The lowest BCUT2D eigenvalue weighted by Gasteiger charge is -2.32. The number of hydrogen-bond donors (Lipinski definition) is 1. The lowest BCUT2D eigenvalue weighted by Crippen LogP contribution is -2.47. The minimum atomic E-state index is -3.82. The van der Waals surface area contributed by atoms with E-state index in [0.29, 0.717) is 31.7 Å². The Bertz CT molecular complexity index is 752. The highest BCUT2D eigenvalue weighted by Gasteiger charge is 2.35. The van der Waals surface area contributed by atoms with Gasteiger partial charge in [-0.05, 0) is 31.9 Å². The highest BCUT2D eigenvalue weighted by Crippen LogP contribution is 2.32. The number of piperidine rings is 1. The Balaban J connectivity index is 2.20. The minimum Gasteiger partial charge on any atom is -0.497 e. The number of nitrogens with zero attached hydrogens (tertiary/aromatic N) is 1. The standard InChI is InChI=1S/C18H28N2O6S/c1-13(12-24-2)19-18(21)14-6-5-9-20(11-14)27(22,23)17-10-15(25-3)7-8-16(17)26-4/h7-8,10,13-14H,5-6,9,11-12H2,1-4H3,(H,19,21). The van der Waals surface area contributed by atoms with Crippen LogP contribution in [0.5, 0.6) is 11.5 Å². The van der Waals surface area contributed by atoms with Gasteiger partial charge in [0.1, 0.15) is 16.4 Å². The van der Waals surface area contributed by atoms with Crippen molar-refractivity contribution < 1.29 is 27.4 Å². The molecule has 1 aromatic rings. The van der Waals surface area contributed by atoms with Crippen LogP contribution in [0.25, 0.3) is 0 Å². The molecule has 0 aromatic heterocycles. The van der Waals surface area contributed by atoms with E-state index in [-0.39, 0.29) is 29.1 Å². The van der Waals surface area contributed by atoms with Gasteiger partial charge < -0.3 is 19.5 Å². The second-order valence-electron chi connectivity index (χ2n) is 6.58. The Hall–Kier alpha value is -1.84. The van der Waals surface area contributed by atoms with Gasteiger partial charge in [-0.1, -0.05) is 0 Å². The largest absolute Gasteiger partial charge is 0.497 e. The van der Waals surface area contributed by atoms with Crippen molar-refractivity contribution in [1.82, 2.24) is 9.62 Å². The van der Waals surface area contributed by atoms with E-state index in [4.69, 9.17) is 14.2 Å². The van der Waals surface area contributed by atoms with Crippen LogP contribution < -0.4 is 14.8 Å². The van der Waals surface area contributed by atoms with Crippen molar-refractivity contribution in [3.05, 3.63) is 18.2 Å². The summed E-state index contributed by atoms with van der Waals surface area (Å²) in [5.74, 6) is 0.117. The molecule has 8 nitrogen and oxygen atoms in total. The van der Waals surface area contributed by atoms with E-state index < -0.39 is 15.9 Å². The summed E-state index contributed by atoms with van der Waals surface area (Å²) in [7, 11) is 0.644. The SMILES string of the molecule is COCC(C)NC(=O)C1CCCN(S(=O)(=O)c2cc(OC)ccc2OC)C1. The molecule has 0 radical (unpaired) electrons. The predicted molar refractivity (Wildman–Crippen MR) is 101 cm³/mol. The molecule has 1 N–H and O–H groups in total. The lowest BCUT2D eigenvalue weighted by molar-refractivity contribution is -0.127. The maximum atomic E-state index is 13.2. The Morgan fingerprint density at radius 2 is 2.04 bits per heavy atom. The third-order valence-electron chi connectivity index (χ3n) is 4.55. The van der Waals surface area contributed by atoms with Crippen molar-refractivity contribution in [2.75, 3.05) is 41.0 Å². The molecule has 9 heteroatoms. The Morgan fingerprint density at radius 1 is 1.30 bits per heavy atom. The summed E-state index contributed by atoms with van der Waals surface area (Å²) in [6, 6.07) is 4.51. The smallest absolute Gasteiger partial charge is 0.246 e. The van der Waals surface area contributed by atoms with Gasteiger partial charge in [0.05, 0.1) is 26.7 Å². The second kappa shape index (κ2) is 9.38. The van der Waals surface area contributed by atoms with E-state index in [1.54, 1.807) is 19.2 Å². The van der Waals surface area contributed by atoms with Crippen LogP contribution in [-0.2, 0) is 19.6 Å². The molecule has 1 aromatic carbocycles. The fourth-order valence-electron chi connectivity index (χ4n) is 3.15. The van der Waals surface area contributed by atoms with E-state index in [9.17, 15) is 13.2 Å². The summed E-state index contributed by atoms with van der Waals surface area (Å²) in [6.45, 7) is 2.75. The number of carbonyl (C=O) groups is 1. The van der Waals surface area contributed by atoms with E-state index in [2.05, 4.69) is 5.32 Å². The first-order valence-electron chi connectivity index (χ1n) is 8.85. The van der Waals surface area contributed by atoms with Crippen molar-refractivity contribution in [3.8, 4) is 11.5 Å². The number of nitrogens with one attached hydrogen (secondary N) is 1. The van der Waals surface area contributed by atoms with Gasteiger partial charge in [-0.2, -0.15) is 4.31 Å². The normalized spacial score (nSPS) is 19.3. The molecule has 2 unspecified atom stereocenters. The van der Waals surface area contributed by atoms with Gasteiger partial charge in [-0.25, -0.2) is 8.42 Å². The van der Waals surface area contributed by atoms with Gasteiger partial charge in [0, 0.05) is 32.3 Å². The molecule has 1 saturated heterocycles. The number of hydrogen-bond acceptors (Lipinski definition) is 6. The first-order valence-corrected chi connectivity index (χ1v) is 10.3. The van der Waals surface area contributed by atoms with Crippen molar-refractivity contribution in [2.45, 2.75) is 30.7 Å². The van der Waals surface area contributed by atoms with Crippen LogP contribution in [0.3, 0.4) is 0 Å². The zero-order valence-electron chi connectivity index (χ0n) is 16.2. The number of sulfonamides is 1. The highest BCUT2D eigenvalue weighted by atomic mass is 32.2. The molecule has 2 rings (SSSR count). The molecule has 27 heavy (non-hydrogen) atoms. The van der Waals surface area contributed by atoms with Crippen molar-refractivity contribution >= 4 is 15.9 Å². The molecule has 1 heterocycles.